The van der Waals surface area contributed by atoms with E-state index in [-0.39, 0.29) is 23.2 Å². The Bertz CT molecular complexity index is 899. The van der Waals surface area contributed by atoms with Crippen LogP contribution in [0.5, 0.6) is 0 Å². The van der Waals surface area contributed by atoms with Crippen LogP contribution in [-0.2, 0) is 9.53 Å². The maximum Gasteiger partial charge on any atom is 0.293 e. The van der Waals surface area contributed by atoms with Gasteiger partial charge >= 0.3 is 0 Å². The van der Waals surface area contributed by atoms with Gasteiger partial charge in [0.2, 0.25) is 5.91 Å². The summed E-state index contributed by atoms with van der Waals surface area (Å²) in [4.78, 5) is 34.9. The summed E-state index contributed by atoms with van der Waals surface area (Å²) in [6.45, 7) is 4.40. The van der Waals surface area contributed by atoms with E-state index < -0.39 is 10.8 Å². The number of benzene rings is 2. The average Bonchev–Trinajstić information content (AvgIpc) is 2.74. The van der Waals surface area contributed by atoms with Crippen molar-refractivity contribution in [3.8, 4) is 0 Å². The second-order valence-electron chi connectivity index (χ2n) is 6.63. The van der Waals surface area contributed by atoms with Crippen LogP contribution in [-0.4, -0.2) is 37.0 Å². The van der Waals surface area contributed by atoms with Crippen molar-refractivity contribution < 1.29 is 19.2 Å². The summed E-state index contributed by atoms with van der Waals surface area (Å²) in [6.07, 6.45) is 0.390. The summed E-state index contributed by atoms with van der Waals surface area (Å²) in [5, 5.41) is 19.9. The van der Waals surface area contributed by atoms with Gasteiger partial charge in [0.15, 0.2) is 0 Å². The van der Waals surface area contributed by atoms with Gasteiger partial charge < -0.3 is 20.7 Å². The van der Waals surface area contributed by atoms with Gasteiger partial charge in [-0.05, 0) is 36.8 Å². The normalized spacial score (nSPS) is 11.4. The van der Waals surface area contributed by atoms with Crippen LogP contribution in [0, 0.1) is 10.1 Å². The molecule has 1 atom stereocenters. The first kappa shape index (κ1) is 22.8. The van der Waals surface area contributed by atoms with Gasteiger partial charge in [-0.25, -0.2) is 0 Å². The number of anilines is 2. The molecule has 0 heterocycles. The number of nitro groups is 1. The average molecular weight is 414 g/mol. The van der Waals surface area contributed by atoms with Crippen molar-refractivity contribution in [3.63, 3.8) is 0 Å². The minimum atomic E-state index is -0.529. The number of methoxy groups -OCH3 is 1. The van der Waals surface area contributed by atoms with Crippen LogP contribution in [0.25, 0.3) is 0 Å². The molecule has 0 aromatic heterocycles. The molecule has 0 radical (unpaired) electrons. The number of nitrogens with zero attached hydrogens (tertiary/aromatic N) is 1. The number of carbonyl (C=O) groups is 2. The number of hydrogen-bond donors (Lipinski definition) is 3. The van der Waals surface area contributed by atoms with Crippen molar-refractivity contribution in [2.24, 2.45) is 0 Å². The van der Waals surface area contributed by atoms with Gasteiger partial charge in [-0.1, -0.05) is 19.1 Å². The number of nitrogens with one attached hydrogen (secondary N) is 3. The second-order valence-corrected chi connectivity index (χ2v) is 6.63. The van der Waals surface area contributed by atoms with E-state index in [1.807, 2.05) is 19.1 Å². The third kappa shape index (κ3) is 6.28. The van der Waals surface area contributed by atoms with E-state index in [0.717, 1.165) is 5.56 Å². The molecule has 0 saturated heterocycles. The number of amides is 2. The molecular formula is C21H26N4O5. The zero-order chi connectivity index (χ0) is 22.1. The zero-order valence-corrected chi connectivity index (χ0v) is 17.2. The summed E-state index contributed by atoms with van der Waals surface area (Å²) < 4.78 is 4.93. The largest absolute Gasteiger partial charge is 0.383 e. The highest BCUT2D eigenvalue weighted by Gasteiger charge is 2.19. The molecule has 2 aromatic carbocycles. The lowest BCUT2D eigenvalue weighted by molar-refractivity contribution is -0.384. The lowest BCUT2D eigenvalue weighted by Gasteiger charge is -2.15. The first-order valence-corrected chi connectivity index (χ1v) is 9.57. The van der Waals surface area contributed by atoms with E-state index in [0.29, 0.717) is 30.9 Å². The van der Waals surface area contributed by atoms with E-state index in [4.69, 9.17) is 4.74 Å². The molecule has 0 saturated carbocycles. The standard InChI is InChI=1S/C21H26N4O5/c1-4-20(26)24-17-8-5-15(6-9-17)14(2)23-21(27)16-7-10-18(22-11-12-30-3)19(13-16)25(28)29/h5-10,13-14,22H,4,11-12H2,1-3H3,(H,23,27)(H,24,26). The molecule has 9 heteroatoms. The maximum atomic E-state index is 12.6. The Morgan fingerprint density at radius 1 is 1.17 bits per heavy atom. The molecule has 30 heavy (non-hydrogen) atoms. The van der Waals surface area contributed by atoms with Crippen molar-refractivity contribution in [1.82, 2.24) is 5.32 Å². The number of carbonyl (C=O) groups excluding carboxylic acids is 2. The third-order valence-electron chi connectivity index (χ3n) is 4.44. The summed E-state index contributed by atoms with van der Waals surface area (Å²) in [6, 6.07) is 11.1. The van der Waals surface area contributed by atoms with Crippen LogP contribution in [0.15, 0.2) is 42.5 Å². The monoisotopic (exact) mass is 414 g/mol. The maximum absolute atomic E-state index is 12.6. The summed E-state index contributed by atoms with van der Waals surface area (Å²) >= 11 is 0. The van der Waals surface area contributed by atoms with Crippen LogP contribution in [0.4, 0.5) is 17.1 Å². The highest BCUT2D eigenvalue weighted by Crippen LogP contribution is 2.26. The van der Waals surface area contributed by atoms with Crippen LogP contribution >= 0.6 is 0 Å². The van der Waals surface area contributed by atoms with Gasteiger partial charge in [-0.15, -0.1) is 0 Å². The van der Waals surface area contributed by atoms with Crippen LogP contribution in [0.2, 0.25) is 0 Å². The highest BCUT2D eigenvalue weighted by atomic mass is 16.6. The smallest absolute Gasteiger partial charge is 0.293 e. The van der Waals surface area contributed by atoms with Gasteiger partial charge in [-0.2, -0.15) is 0 Å². The fraction of sp³-hybridized carbons (Fsp3) is 0.333. The zero-order valence-electron chi connectivity index (χ0n) is 17.2. The lowest BCUT2D eigenvalue weighted by atomic mass is 10.1. The number of hydrogen-bond acceptors (Lipinski definition) is 6. The van der Waals surface area contributed by atoms with Gasteiger partial charge in [0, 0.05) is 37.4 Å². The van der Waals surface area contributed by atoms with Crippen LogP contribution < -0.4 is 16.0 Å². The molecule has 0 aliphatic rings. The number of rotatable bonds is 10. The van der Waals surface area contributed by atoms with E-state index in [1.54, 1.807) is 26.2 Å². The molecule has 9 nitrogen and oxygen atoms in total. The molecule has 0 aliphatic heterocycles. The minimum Gasteiger partial charge on any atom is -0.383 e. The van der Waals surface area contributed by atoms with Gasteiger partial charge in [0.05, 0.1) is 17.6 Å². The SMILES string of the molecule is CCC(=O)Nc1ccc(C(C)NC(=O)c2ccc(NCCOC)c([N+](=O)[O-])c2)cc1. The molecule has 2 aromatic rings. The molecule has 0 bridgehead atoms. The molecule has 0 spiro atoms. The van der Waals surface area contributed by atoms with E-state index in [9.17, 15) is 19.7 Å². The quantitative estimate of drug-likeness (QED) is 0.311. The second kappa shape index (κ2) is 10.9. The van der Waals surface area contributed by atoms with Crippen LogP contribution in [0.1, 0.15) is 42.2 Å². The highest BCUT2D eigenvalue weighted by molar-refractivity contribution is 5.96. The molecule has 2 amide bonds. The molecule has 160 valence electrons. The van der Waals surface area contributed by atoms with Gasteiger partial charge in [0.1, 0.15) is 5.69 Å². The van der Waals surface area contributed by atoms with Crippen LogP contribution in [0.3, 0.4) is 0 Å². The van der Waals surface area contributed by atoms with Gasteiger partial charge in [-0.3, -0.25) is 19.7 Å². The fourth-order valence-corrected chi connectivity index (χ4v) is 2.73. The van der Waals surface area contributed by atoms with Crippen molar-refractivity contribution in [3.05, 3.63) is 63.7 Å². The Labute approximate surface area is 175 Å². The van der Waals surface area contributed by atoms with E-state index >= 15 is 0 Å². The fourth-order valence-electron chi connectivity index (χ4n) is 2.73. The van der Waals surface area contributed by atoms with Gasteiger partial charge in [0.25, 0.3) is 11.6 Å². The molecule has 0 fully saturated rings. The Morgan fingerprint density at radius 3 is 2.47 bits per heavy atom. The third-order valence-corrected chi connectivity index (χ3v) is 4.44. The molecule has 3 N–H and O–H groups in total. The van der Waals surface area contributed by atoms with E-state index in [1.165, 1.54) is 18.2 Å². The van der Waals surface area contributed by atoms with Crippen molar-refractivity contribution >= 4 is 28.9 Å². The Balaban J connectivity index is 2.08. The van der Waals surface area contributed by atoms with Crippen molar-refractivity contribution in [2.45, 2.75) is 26.3 Å². The topological polar surface area (TPSA) is 123 Å². The predicted octanol–water partition coefficient (Wildman–Crippen LogP) is 3.49. The van der Waals surface area contributed by atoms with E-state index in [2.05, 4.69) is 16.0 Å². The Morgan fingerprint density at radius 2 is 1.87 bits per heavy atom. The minimum absolute atomic E-state index is 0.0779. The Hall–Kier alpha value is -3.46. The molecule has 1 unspecified atom stereocenters. The summed E-state index contributed by atoms with van der Waals surface area (Å²) in [5.74, 6) is -0.497. The summed E-state index contributed by atoms with van der Waals surface area (Å²) in [5.41, 5.74) is 1.85. The molecular weight excluding hydrogens is 388 g/mol. The first-order valence-electron chi connectivity index (χ1n) is 9.57. The first-order chi connectivity index (χ1) is 14.3. The molecule has 2 rings (SSSR count). The molecule has 0 aliphatic carbocycles. The lowest BCUT2D eigenvalue weighted by Crippen LogP contribution is -2.26. The summed E-state index contributed by atoms with van der Waals surface area (Å²) in [7, 11) is 1.54. The van der Waals surface area contributed by atoms with Crippen molar-refractivity contribution in [2.75, 3.05) is 30.9 Å². The van der Waals surface area contributed by atoms with Crippen molar-refractivity contribution in [1.29, 1.82) is 0 Å². The Kier molecular flexibility index (Phi) is 8.30. The predicted molar refractivity (Wildman–Crippen MR) is 115 cm³/mol. The number of nitro benzene ring substituents is 1. The number of ether oxygens (including phenoxy) is 1.